The van der Waals surface area contributed by atoms with Crippen LogP contribution in [0.4, 0.5) is 0 Å². The molecule has 3 aromatic carbocycles. The van der Waals surface area contributed by atoms with Crippen molar-refractivity contribution in [2.75, 3.05) is 0 Å². The molecule has 0 saturated carbocycles. The molecule has 1 aromatic heterocycles. The van der Waals surface area contributed by atoms with Crippen LogP contribution in [0.1, 0.15) is 30.5 Å². The molecule has 0 amide bonds. The Labute approximate surface area is 199 Å². The summed E-state index contributed by atoms with van der Waals surface area (Å²) in [7, 11) is 0. The highest BCUT2D eigenvalue weighted by molar-refractivity contribution is 6.41. The van der Waals surface area contributed by atoms with Gasteiger partial charge in [0.25, 0.3) is 0 Å². The Morgan fingerprint density at radius 3 is 2.29 bits per heavy atom. The van der Waals surface area contributed by atoms with E-state index in [1.165, 1.54) is 5.56 Å². The molecular weight excluding hydrogens is 418 g/mol. The summed E-state index contributed by atoms with van der Waals surface area (Å²) in [6, 6.07) is 25.9. The monoisotopic (exact) mass is 445 g/mol. The van der Waals surface area contributed by atoms with Crippen molar-refractivity contribution in [3.8, 4) is 11.3 Å². The molecule has 1 aliphatic carbocycles. The number of H-pyrrole nitrogens is 1. The number of rotatable bonds is 5. The topological polar surface area (TPSA) is 53.1 Å². The van der Waals surface area contributed by atoms with Crippen molar-refractivity contribution < 1.29 is 9.90 Å². The third-order valence-electron chi connectivity index (χ3n) is 6.92. The number of aromatic amines is 1. The first kappa shape index (κ1) is 21.7. The molecular formula is C31H27NO2. The molecule has 34 heavy (non-hydrogen) atoms. The van der Waals surface area contributed by atoms with Crippen LogP contribution in [0, 0.1) is 6.92 Å². The molecule has 0 spiro atoms. The molecule has 0 saturated heterocycles. The van der Waals surface area contributed by atoms with Crippen LogP contribution in [0.15, 0.2) is 108 Å². The molecule has 0 atom stereocenters. The van der Waals surface area contributed by atoms with Crippen molar-refractivity contribution >= 4 is 22.3 Å². The van der Waals surface area contributed by atoms with E-state index < -0.39 is 0 Å². The number of hydrogen-bond acceptors (Lipinski definition) is 2. The second-order valence-corrected chi connectivity index (χ2v) is 9.36. The molecule has 3 nitrogen and oxygen atoms in total. The first-order valence-electron chi connectivity index (χ1n) is 11.4. The van der Waals surface area contributed by atoms with E-state index in [-0.39, 0.29) is 17.0 Å². The number of aromatic nitrogens is 1. The lowest BCUT2D eigenvalue weighted by Gasteiger charge is -2.30. The lowest BCUT2D eigenvalue weighted by Crippen LogP contribution is -2.25. The molecule has 168 valence electrons. The van der Waals surface area contributed by atoms with Gasteiger partial charge in [0.15, 0.2) is 0 Å². The van der Waals surface area contributed by atoms with Crippen molar-refractivity contribution in [2.24, 2.45) is 0 Å². The lowest BCUT2D eigenvalue weighted by atomic mass is 9.73. The predicted molar refractivity (Wildman–Crippen MR) is 140 cm³/mol. The van der Waals surface area contributed by atoms with Gasteiger partial charge in [-0.1, -0.05) is 93.2 Å². The predicted octanol–water partition coefficient (Wildman–Crippen LogP) is 7.46. The number of Topliss-reactive ketones (excluding diaryl/α,β-unsaturated/α-hetero) is 1. The zero-order chi connectivity index (χ0) is 24.0. The summed E-state index contributed by atoms with van der Waals surface area (Å²) in [6.07, 6.45) is 1.74. The van der Waals surface area contributed by atoms with Gasteiger partial charge in [-0.05, 0) is 41.3 Å². The van der Waals surface area contributed by atoms with E-state index >= 15 is 0 Å². The first-order chi connectivity index (χ1) is 16.3. The number of hydrogen-bond donors (Lipinski definition) is 2. The molecule has 0 radical (unpaired) electrons. The van der Waals surface area contributed by atoms with E-state index in [0.717, 1.165) is 38.9 Å². The van der Waals surface area contributed by atoms with E-state index in [0.29, 0.717) is 11.1 Å². The summed E-state index contributed by atoms with van der Waals surface area (Å²) in [6.45, 7) is 10.5. The van der Waals surface area contributed by atoms with E-state index in [2.05, 4.69) is 44.5 Å². The van der Waals surface area contributed by atoms with E-state index in [1.54, 1.807) is 6.08 Å². The summed E-state index contributed by atoms with van der Waals surface area (Å²) in [4.78, 5) is 16.9. The van der Waals surface area contributed by atoms with Crippen molar-refractivity contribution in [2.45, 2.75) is 26.2 Å². The largest absolute Gasteiger partial charge is 0.506 e. The van der Waals surface area contributed by atoms with Crippen molar-refractivity contribution in [1.82, 2.24) is 4.98 Å². The summed E-state index contributed by atoms with van der Waals surface area (Å²) in [5.41, 5.74) is 6.82. The quantitative estimate of drug-likeness (QED) is 0.313. The van der Waals surface area contributed by atoms with E-state index in [1.807, 2.05) is 66.7 Å². The minimum Gasteiger partial charge on any atom is -0.506 e. The number of ketones is 1. The maximum Gasteiger partial charge on any atom is 0.201 e. The van der Waals surface area contributed by atoms with Crippen molar-refractivity contribution in [3.63, 3.8) is 0 Å². The van der Waals surface area contributed by atoms with Gasteiger partial charge in [0, 0.05) is 21.9 Å². The SMILES string of the molecule is C=C(/C=C1\C(=O)C(c2c(-c3ccccc3)[nH]c3ccccc23)=C1O)C(C)(C)c1ccccc1C. The Balaban J connectivity index is 1.61. The number of aliphatic hydroxyl groups excluding tert-OH is 1. The Morgan fingerprint density at radius 2 is 1.59 bits per heavy atom. The fourth-order valence-corrected chi connectivity index (χ4v) is 4.81. The summed E-state index contributed by atoms with van der Waals surface area (Å²) < 4.78 is 0. The highest BCUT2D eigenvalue weighted by Gasteiger charge is 2.38. The zero-order valence-electron chi connectivity index (χ0n) is 19.6. The molecule has 0 unspecified atom stereocenters. The zero-order valence-corrected chi connectivity index (χ0v) is 19.6. The molecule has 5 rings (SSSR count). The number of aliphatic hydroxyl groups is 1. The number of aryl methyl sites for hydroxylation is 1. The average Bonchev–Trinajstić information content (AvgIpc) is 3.22. The normalized spacial score (nSPS) is 15.1. The van der Waals surface area contributed by atoms with Gasteiger partial charge in [0.05, 0.1) is 16.8 Å². The Kier molecular flexibility index (Phi) is 5.13. The third kappa shape index (κ3) is 3.32. The van der Waals surface area contributed by atoms with Gasteiger partial charge < -0.3 is 10.1 Å². The second-order valence-electron chi connectivity index (χ2n) is 9.36. The minimum absolute atomic E-state index is 0.0219. The summed E-state index contributed by atoms with van der Waals surface area (Å²) in [5.74, 6) is -0.144. The smallest absolute Gasteiger partial charge is 0.201 e. The van der Waals surface area contributed by atoms with Crippen LogP contribution in [0.25, 0.3) is 27.7 Å². The van der Waals surface area contributed by atoms with E-state index in [9.17, 15) is 9.90 Å². The van der Waals surface area contributed by atoms with Crippen LogP contribution < -0.4 is 0 Å². The maximum absolute atomic E-state index is 13.4. The molecule has 0 bridgehead atoms. The number of fused-ring (bicyclic) bond motifs is 1. The third-order valence-corrected chi connectivity index (χ3v) is 6.92. The number of allylic oxidation sites excluding steroid dienone is 4. The number of nitrogens with one attached hydrogen (secondary N) is 1. The number of carbonyl (C=O) groups is 1. The molecule has 4 aromatic rings. The molecule has 3 heteroatoms. The average molecular weight is 446 g/mol. The van der Waals surface area contributed by atoms with Gasteiger partial charge in [-0.2, -0.15) is 0 Å². The van der Waals surface area contributed by atoms with Crippen molar-refractivity contribution in [1.29, 1.82) is 0 Å². The molecule has 0 aliphatic heterocycles. The second kappa shape index (κ2) is 8.03. The standard InChI is InChI=1S/C31H27NO2/c1-19-12-8-10-16-24(19)31(3,4)20(2)18-23-29(33)27(30(23)34)26-22-15-9-11-17-25(22)32-28(26)21-13-6-5-7-14-21/h5-18,32-33H,2H2,1,3-4H3/b23-18-. The number of para-hydroxylation sites is 1. The van der Waals surface area contributed by atoms with Gasteiger partial charge in [-0.15, -0.1) is 0 Å². The van der Waals surface area contributed by atoms with Gasteiger partial charge in [-0.25, -0.2) is 0 Å². The Bertz CT molecular complexity index is 1510. The van der Waals surface area contributed by atoms with Gasteiger partial charge >= 0.3 is 0 Å². The van der Waals surface area contributed by atoms with Crippen LogP contribution in [0.5, 0.6) is 0 Å². The minimum atomic E-state index is -0.384. The molecule has 1 aliphatic rings. The van der Waals surface area contributed by atoms with Crippen LogP contribution >= 0.6 is 0 Å². The fraction of sp³-hybridized carbons (Fsp3) is 0.129. The van der Waals surface area contributed by atoms with Gasteiger partial charge in [0.1, 0.15) is 5.76 Å². The van der Waals surface area contributed by atoms with Gasteiger partial charge in [-0.3, -0.25) is 4.79 Å². The maximum atomic E-state index is 13.4. The lowest BCUT2D eigenvalue weighted by molar-refractivity contribution is -0.111. The summed E-state index contributed by atoms with van der Waals surface area (Å²) in [5, 5.41) is 12.0. The fourth-order valence-electron chi connectivity index (χ4n) is 4.81. The first-order valence-corrected chi connectivity index (χ1v) is 11.4. The van der Waals surface area contributed by atoms with Crippen LogP contribution in [-0.4, -0.2) is 15.9 Å². The van der Waals surface area contributed by atoms with E-state index in [4.69, 9.17) is 0 Å². The molecule has 2 N–H and O–H groups in total. The highest BCUT2D eigenvalue weighted by atomic mass is 16.3. The number of benzene rings is 3. The molecule has 0 fully saturated rings. The Morgan fingerprint density at radius 1 is 0.941 bits per heavy atom. The van der Waals surface area contributed by atoms with Gasteiger partial charge in [0.2, 0.25) is 5.78 Å². The number of carbonyl (C=O) groups excluding carboxylic acids is 1. The highest BCUT2D eigenvalue weighted by Crippen LogP contribution is 2.45. The van der Waals surface area contributed by atoms with Crippen LogP contribution in [-0.2, 0) is 10.2 Å². The van der Waals surface area contributed by atoms with Crippen LogP contribution in [0.2, 0.25) is 0 Å². The van der Waals surface area contributed by atoms with Crippen molar-refractivity contribution in [3.05, 3.63) is 125 Å². The summed E-state index contributed by atoms with van der Waals surface area (Å²) >= 11 is 0. The molecule has 1 heterocycles. The Hall–Kier alpha value is -4.11. The van der Waals surface area contributed by atoms with Crippen LogP contribution in [0.3, 0.4) is 0 Å².